The maximum atomic E-state index is 13.3. The second-order valence-electron chi connectivity index (χ2n) is 3.53. The van der Waals surface area contributed by atoms with Crippen molar-refractivity contribution in [1.29, 1.82) is 0 Å². The number of aryl methyl sites for hydroxylation is 1. The predicted molar refractivity (Wildman–Crippen MR) is 69.1 cm³/mol. The summed E-state index contributed by atoms with van der Waals surface area (Å²) in [7, 11) is -3.60. The second kappa shape index (κ2) is 5.70. The molecule has 0 heterocycles. The van der Waals surface area contributed by atoms with Crippen molar-refractivity contribution < 1.29 is 12.8 Å². The van der Waals surface area contributed by atoms with Gasteiger partial charge in [-0.05, 0) is 30.9 Å². The van der Waals surface area contributed by atoms with Crippen molar-refractivity contribution in [1.82, 2.24) is 4.72 Å². The van der Waals surface area contributed by atoms with E-state index in [0.29, 0.717) is 12.3 Å². The van der Waals surface area contributed by atoms with Gasteiger partial charge >= 0.3 is 0 Å². The highest BCUT2D eigenvalue weighted by atomic mass is 32.2. The molecule has 0 unspecified atom stereocenters. The van der Waals surface area contributed by atoms with Gasteiger partial charge in [0, 0.05) is 12.3 Å². The van der Waals surface area contributed by atoms with Crippen molar-refractivity contribution in [3.63, 3.8) is 0 Å². The smallest absolute Gasteiger partial charge is 0.240 e. The number of halogens is 1. The van der Waals surface area contributed by atoms with Crippen LogP contribution < -0.4 is 10.5 Å². The van der Waals surface area contributed by atoms with Gasteiger partial charge in [0.2, 0.25) is 10.0 Å². The summed E-state index contributed by atoms with van der Waals surface area (Å²) in [4.78, 5) is -0.00463. The van der Waals surface area contributed by atoms with Crippen molar-refractivity contribution in [2.24, 2.45) is 0 Å². The third-order valence-electron chi connectivity index (χ3n) is 2.16. The van der Waals surface area contributed by atoms with Gasteiger partial charge in [-0.25, -0.2) is 17.5 Å². The molecule has 0 aliphatic carbocycles. The maximum Gasteiger partial charge on any atom is 0.240 e. The first kappa shape index (κ1) is 14.3. The Hall–Kier alpha value is -0.790. The van der Waals surface area contributed by atoms with E-state index in [4.69, 9.17) is 5.73 Å². The molecule has 0 amide bonds. The number of nitrogen functional groups attached to an aromatic ring is 1. The summed E-state index contributed by atoms with van der Waals surface area (Å²) in [6, 6.07) is 2.40. The molecule has 0 spiro atoms. The van der Waals surface area contributed by atoms with Gasteiger partial charge in [-0.15, -0.1) is 0 Å². The van der Waals surface area contributed by atoms with E-state index in [1.54, 1.807) is 0 Å². The van der Waals surface area contributed by atoms with Gasteiger partial charge < -0.3 is 5.73 Å². The van der Waals surface area contributed by atoms with Gasteiger partial charge in [-0.3, -0.25) is 0 Å². The minimum atomic E-state index is -3.60. The first-order valence-electron chi connectivity index (χ1n) is 4.92. The number of sulfonamides is 1. The molecule has 0 radical (unpaired) electrons. The van der Waals surface area contributed by atoms with Crippen molar-refractivity contribution in [2.75, 3.05) is 24.3 Å². The topological polar surface area (TPSA) is 72.2 Å². The number of benzene rings is 1. The Bertz CT molecular complexity index is 480. The van der Waals surface area contributed by atoms with Gasteiger partial charge in [0.25, 0.3) is 0 Å². The first-order valence-corrected chi connectivity index (χ1v) is 7.80. The Morgan fingerprint density at radius 2 is 2.12 bits per heavy atom. The van der Waals surface area contributed by atoms with E-state index in [0.717, 1.165) is 6.07 Å². The molecule has 1 rings (SSSR count). The minimum Gasteiger partial charge on any atom is -0.396 e. The molecule has 0 saturated heterocycles. The van der Waals surface area contributed by atoms with E-state index in [1.807, 2.05) is 6.26 Å². The first-order chi connectivity index (χ1) is 7.88. The molecular weight excluding hydrogens is 263 g/mol. The third-order valence-corrected chi connectivity index (χ3v) is 4.22. The quantitative estimate of drug-likeness (QED) is 0.630. The van der Waals surface area contributed by atoms with Crippen molar-refractivity contribution >= 4 is 27.5 Å². The number of thioether (sulfide) groups is 1. The summed E-state index contributed by atoms with van der Waals surface area (Å²) >= 11 is 1.53. The van der Waals surface area contributed by atoms with Crippen LogP contribution in [-0.2, 0) is 10.0 Å². The number of nitrogens with one attached hydrogen (secondary N) is 1. The fourth-order valence-corrected chi connectivity index (χ4v) is 2.87. The zero-order chi connectivity index (χ0) is 13.1. The molecule has 4 nitrogen and oxygen atoms in total. The Morgan fingerprint density at radius 1 is 1.47 bits per heavy atom. The Labute approximate surface area is 105 Å². The van der Waals surface area contributed by atoms with Crippen LogP contribution in [0.15, 0.2) is 17.0 Å². The molecule has 1 aromatic carbocycles. The molecule has 7 heteroatoms. The van der Waals surface area contributed by atoms with Crippen LogP contribution in [0.2, 0.25) is 0 Å². The Kier molecular flexibility index (Phi) is 4.79. The van der Waals surface area contributed by atoms with Crippen LogP contribution in [-0.4, -0.2) is 27.0 Å². The molecule has 0 atom stereocenters. The van der Waals surface area contributed by atoms with Gasteiger partial charge in [-0.2, -0.15) is 11.8 Å². The zero-order valence-electron chi connectivity index (χ0n) is 9.66. The van der Waals surface area contributed by atoms with Crippen molar-refractivity contribution in [2.45, 2.75) is 11.8 Å². The maximum absolute atomic E-state index is 13.3. The van der Waals surface area contributed by atoms with Gasteiger partial charge in [0.15, 0.2) is 0 Å². The molecule has 0 aliphatic heterocycles. The number of hydrogen-bond acceptors (Lipinski definition) is 4. The Morgan fingerprint density at radius 3 is 2.65 bits per heavy atom. The number of rotatable bonds is 5. The van der Waals surface area contributed by atoms with Gasteiger partial charge in [0.05, 0.1) is 10.6 Å². The highest BCUT2D eigenvalue weighted by molar-refractivity contribution is 7.98. The van der Waals surface area contributed by atoms with Crippen LogP contribution in [0.1, 0.15) is 5.56 Å². The lowest BCUT2D eigenvalue weighted by molar-refractivity contribution is 0.583. The highest BCUT2D eigenvalue weighted by Gasteiger charge is 2.16. The number of nitrogens with two attached hydrogens (primary N) is 1. The lowest BCUT2D eigenvalue weighted by Gasteiger charge is -2.08. The highest BCUT2D eigenvalue weighted by Crippen LogP contribution is 2.20. The van der Waals surface area contributed by atoms with Crippen LogP contribution in [0.5, 0.6) is 0 Å². The minimum absolute atomic E-state index is 0.00463. The average Bonchev–Trinajstić information content (AvgIpc) is 2.25. The van der Waals surface area contributed by atoms with E-state index in [1.165, 1.54) is 24.8 Å². The molecule has 96 valence electrons. The lowest BCUT2D eigenvalue weighted by atomic mass is 10.2. The molecule has 0 fully saturated rings. The van der Waals surface area contributed by atoms with Crippen LogP contribution >= 0.6 is 11.8 Å². The fourth-order valence-electron chi connectivity index (χ4n) is 1.28. The van der Waals surface area contributed by atoms with E-state index in [-0.39, 0.29) is 16.1 Å². The average molecular weight is 278 g/mol. The Balaban J connectivity index is 2.99. The van der Waals surface area contributed by atoms with Crippen molar-refractivity contribution in [3.05, 3.63) is 23.5 Å². The monoisotopic (exact) mass is 278 g/mol. The van der Waals surface area contributed by atoms with Crippen LogP contribution in [0.3, 0.4) is 0 Å². The van der Waals surface area contributed by atoms with Crippen LogP contribution in [0, 0.1) is 12.7 Å². The summed E-state index contributed by atoms with van der Waals surface area (Å²) in [5, 5.41) is 0. The normalized spacial score (nSPS) is 11.7. The molecule has 0 aromatic heterocycles. The molecule has 0 aliphatic rings. The van der Waals surface area contributed by atoms with E-state index < -0.39 is 15.8 Å². The number of anilines is 1. The van der Waals surface area contributed by atoms with E-state index in [9.17, 15) is 12.8 Å². The summed E-state index contributed by atoms with van der Waals surface area (Å²) in [6.45, 7) is 1.81. The second-order valence-corrected chi connectivity index (χ2v) is 6.29. The largest absolute Gasteiger partial charge is 0.396 e. The molecule has 1 aromatic rings. The summed E-state index contributed by atoms with van der Waals surface area (Å²) in [6.07, 6.45) is 1.88. The van der Waals surface area contributed by atoms with Crippen LogP contribution in [0.4, 0.5) is 10.1 Å². The molecule has 0 saturated carbocycles. The van der Waals surface area contributed by atoms with E-state index in [2.05, 4.69) is 4.72 Å². The molecule has 3 N–H and O–H groups in total. The standard InChI is InChI=1S/C10H15FN2O2S2/c1-7-5-8(6-9(12)10(7)11)17(14,15)13-3-4-16-2/h5-6,13H,3-4,12H2,1-2H3. The third kappa shape index (κ3) is 3.58. The SMILES string of the molecule is CSCCNS(=O)(=O)c1cc(C)c(F)c(N)c1. The molecular formula is C10H15FN2O2S2. The van der Waals surface area contributed by atoms with E-state index >= 15 is 0 Å². The zero-order valence-corrected chi connectivity index (χ0v) is 11.3. The van der Waals surface area contributed by atoms with Gasteiger partial charge in [-0.1, -0.05) is 0 Å². The summed E-state index contributed by atoms with van der Waals surface area (Å²) < 4.78 is 39.3. The lowest BCUT2D eigenvalue weighted by Crippen LogP contribution is -2.26. The van der Waals surface area contributed by atoms with Crippen molar-refractivity contribution in [3.8, 4) is 0 Å². The van der Waals surface area contributed by atoms with Crippen LogP contribution in [0.25, 0.3) is 0 Å². The molecule has 17 heavy (non-hydrogen) atoms. The fraction of sp³-hybridized carbons (Fsp3) is 0.400. The predicted octanol–water partition coefficient (Wildman–Crippen LogP) is 1.36. The number of hydrogen-bond donors (Lipinski definition) is 2. The van der Waals surface area contributed by atoms with Gasteiger partial charge in [0.1, 0.15) is 5.82 Å². The summed E-state index contributed by atoms with van der Waals surface area (Å²) in [5.74, 6) is 0.0996. The molecule has 0 bridgehead atoms. The summed E-state index contributed by atoms with van der Waals surface area (Å²) in [5.41, 5.74) is 5.46.